The minimum atomic E-state index is -1.22. The van der Waals surface area contributed by atoms with E-state index < -0.39 is 46.8 Å². The number of pyridine rings is 1. The molecule has 0 radical (unpaired) electrons. The summed E-state index contributed by atoms with van der Waals surface area (Å²) < 4.78 is 28.3. The van der Waals surface area contributed by atoms with E-state index in [1.807, 2.05) is 0 Å². The van der Waals surface area contributed by atoms with Gasteiger partial charge in [0.1, 0.15) is 22.7 Å². The van der Waals surface area contributed by atoms with Crippen LogP contribution >= 0.6 is 11.3 Å². The molecule has 1 unspecified atom stereocenters. The van der Waals surface area contributed by atoms with Crippen molar-refractivity contribution in [1.82, 2.24) is 19.7 Å². The van der Waals surface area contributed by atoms with Gasteiger partial charge >= 0.3 is 5.97 Å². The van der Waals surface area contributed by atoms with Gasteiger partial charge in [-0.05, 0) is 25.5 Å². The van der Waals surface area contributed by atoms with Crippen molar-refractivity contribution in [3.8, 4) is 16.3 Å². The van der Waals surface area contributed by atoms with Gasteiger partial charge in [0.15, 0.2) is 16.5 Å². The van der Waals surface area contributed by atoms with Crippen molar-refractivity contribution in [2.24, 2.45) is 0 Å². The van der Waals surface area contributed by atoms with Crippen molar-refractivity contribution in [2.45, 2.75) is 38.9 Å². The molecule has 9 nitrogen and oxygen atoms in total. The van der Waals surface area contributed by atoms with Gasteiger partial charge in [0.05, 0.1) is 12.1 Å². The number of hydrogen-bond donors (Lipinski definition) is 2. The third-order valence-electron chi connectivity index (χ3n) is 5.29. The molecule has 0 saturated carbocycles. The number of fused-ring (bicyclic) bond motifs is 1. The molecule has 1 aliphatic rings. The van der Waals surface area contributed by atoms with Crippen LogP contribution in [-0.2, 0) is 17.8 Å². The maximum absolute atomic E-state index is 13.9. The fraction of sp³-hybridized carbons (Fsp3) is 0.286. The average molecular weight is 476 g/mol. The van der Waals surface area contributed by atoms with Crippen molar-refractivity contribution in [1.29, 1.82) is 0 Å². The summed E-state index contributed by atoms with van der Waals surface area (Å²) in [5.41, 5.74) is -1.04. The fourth-order valence-corrected chi connectivity index (χ4v) is 4.63. The Labute approximate surface area is 189 Å². The van der Waals surface area contributed by atoms with Crippen LogP contribution in [0.5, 0.6) is 5.75 Å². The van der Waals surface area contributed by atoms with Gasteiger partial charge in [-0.1, -0.05) is 17.4 Å². The summed E-state index contributed by atoms with van der Waals surface area (Å²) in [5, 5.41) is 28.4. The lowest BCUT2D eigenvalue weighted by Crippen LogP contribution is -2.55. The zero-order chi connectivity index (χ0) is 24.0. The van der Waals surface area contributed by atoms with Crippen LogP contribution in [0.25, 0.3) is 10.6 Å². The second-order valence-corrected chi connectivity index (χ2v) is 8.86. The van der Waals surface area contributed by atoms with E-state index in [2.05, 4.69) is 10.2 Å². The van der Waals surface area contributed by atoms with Crippen molar-refractivity contribution in [2.75, 3.05) is 0 Å². The number of aromatic hydroxyl groups is 1. The monoisotopic (exact) mass is 476 g/mol. The van der Waals surface area contributed by atoms with Gasteiger partial charge in [-0.25, -0.2) is 13.6 Å². The second-order valence-electron chi connectivity index (χ2n) is 7.80. The molecule has 0 bridgehead atoms. The smallest absolute Gasteiger partial charge is 0.328 e. The molecule has 1 aliphatic heterocycles. The summed E-state index contributed by atoms with van der Waals surface area (Å²) in [6, 6.07) is 1.49. The van der Waals surface area contributed by atoms with Crippen LogP contribution in [0.3, 0.4) is 0 Å². The maximum Gasteiger partial charge on any atom is 0.328 e. The lowest BCUT2D eigenvalue weighted by molar-refractivity contribution is -0.144. The molecule has 3 heterocycles. The summed E-state index contributed by atoms with van der Waals surface area (Å²) in [4.78, 5) is 38.6. The molecule has 3 aromatic rings. The normalized spacial score (nSPS) is 15.7. The van der Waals surface area contributed by atoms with Gasteiger partial charge in [-0.3, -0.25) is 9.59 Å². The minimum Gasteiger partial charge on any atom is -0.503 e. The molecule has 12 heteroatoms. The van der Waals surface area contributed by atoms with Crippen LogP contribution in [0.4, 0.5) is 8.78 Å². The molecule has 2 N–H and O–H groups in total. The molecule has 33 heavy (non-hydrogen) atoms. The molecular formula is C21H18F2N4O5S. The van der Waals surface area contributed by atoms with Crippen molar-refractivity contribution in [3.63, 3.8) is 0 Å². The highest BCUT2D eigenvalue weighted by Gasteiger charge is 2.40. The first-order valence-corrected chi connectivity index (χ1v) is 10.7. The number of nitrogens with zero attached hydrogens (tertiary/aromatic N) is 4. The van der Waals surface area contributed by atoms with E-state index in [1.54, 1.807) is 13.8 Å². The van der Waals surface area contributed by atoms with E-state index in [4.69, 9.17) is 0 Å². The number of rotatable bonds is 5. The van der Waals surface area contributed by atoms with Gasteiger partial charge in [0.25, 0.3) is 5.91 Å². The van der Waals surface area contributed by atoms with Crippen LogP contribution in [0, 0.1) is 11.6 Å². The summed E-state index contributed by atoms with van der Waals surface area (Å²) >= 11 is 0.962. The SMILES string of the molecule is CC(C)N1C(=O)c2c(O)c(=O)c(-c3nnc(Cc4ccc(F)cc4F)s3)cn2CC1C(=O)O. The lowest BCUT2D eigenvalue weighted by atomic mass is 10.1. The predicted octanol–water partition coefficient (Wildman–Crippen LogP) is 2.26. The topological polar surface area (TPSA) is 126 Å². The summed E-state index contributed by atoms with van der Waals surface area (Å²) in [6.45, 7) is 3.10. The highest BCUT2D eigenvalue weighted by Crippen LogP contribution is 2.30. The van der Waals surface area contributed by atoms with Gasteiger partial charge in [-0.2, -0.15) is 0 Å². The number of carbonyl (C=O) groups is 2. The molecular weight excluding hydrogens is 458 g/mol. The number of benzene rings is 1. The molecule has 0 aliphatic carbocycles. The van der Waals surface area contributed by atoms with E-state index in [0.717, 1.165) is 28.4 Å². The van der Waals surface area contributed by atoms with Crippen molar-refractivity contribution >= 4 is 23.2 Å². The van der Waals surface area contributed by atoms with E-state index in [1.165, 1.54) is 16.8 Å². The Morgan fingerprint density at radius 3 is 2.64 bits per heavy atom. The zero-order valence-electron chi connectivity index (χ0n) is 17.5. The first-order valence-electron chi connectivity index (χ1n) is 9.87. The first kappa shape index (κ1) is 22.5. The molecule has 0 spiro atoms. The number of aliphatic carboxylic acids is 1. The second kappa shape index (κ2) is 8.35. The highest BCUT2D eigenvalue weighted by atomic mass is 32.1. The lowest BCUT2D eigenvalue weighted by Gasteiger charge is -2.38. The summed E-state index contributed by atoms with van der Waals surface area (Å²) in [7, 11) is 0. The molecule has 2 aromatic heterocycles. The average Bonchev–Trinajstić information content (AvgIpc) is 3.20. The molecule has 1 atom stereocenters. The Kier molecular flexibility index (Phi) is 5.70. The molecule has 0 saturated heterocycles. The Morgan fingerprint density at radius 2 is 2.00 bits per heavy atom. The van der Waals surface area contributed by atoms with Crippen LogP contribution in [0.1, 0.15) is 34.9 Å². The summed E-state index contributed by atoms with van der Waals surface area (Å²) in [5.74, 6) is -4.26. The molecule has 172 valence electrons. The van der Waals surface area contributed by atoms with Crippen LogP contribution in [0.15, 0.2) is 29.2 Å². The number of carboxylic acid groups (broad SMARTS) is 1. The van der Waals surface area contributed by atoms with Gasteiger partial charge < -0.3 is 19.7 Å². The number of aromatic nitrogens is 3. The predicted molar refractivity (Wildman–Crippen MR) is 113 cm³/mol. The van der Waals surface area contributed by atoms with E-state index in [-0.39, 0.29) is 34.8 Å². The number of carboxylic acids is 1. The van der Waals surface area contributed by atoms with Crippen molar-refractivity contribution in [3.05, 3.63) is 62.5 Å². The Morgan fingerprint density at radius 1 is 1.27 bits per heavy atom. The maximum atomic E-state index is 13.9. The molecule has 1 amide bonds. The van der Waals surface area contributed by atoms with E-state index in [0.29, 0.717) is 5.01 Å². The molecule has 0 fully saturated rings. The van der Waals surface area contributed by atoms with Crippen LogP contribution in [0.2, 0.25) is 0 Å². The largest absolute Gasteiger partial charge is 0.503 e. The minimum absolute atomic E-state index is 0.00492. The summed E-state index contributed by atoms with van der Waals surface area (Å²) in [6.07, 6.45) is 1.27. The number of carbonyl (C=O) groups excluding carboxylic acids is 1. The zero-order valence-corrected chi connectivity index (χ0v) is 18.3. The number of hydrogen-bond acceptors (Lipinski definition) is 7. The van der Waals surface area contributed by atoms with Gasteiger partial charge in [0, 0.05) is 24.7 Å². The Bertz CT molecular complexity index is 1340. The van der Waals surface area contributed by atoms with E-state index in [9.17, 15) is 33.4 Å². The van der Waals surface area contributed by atoms with Crippen LogP contribution < -0.4 is 5.43 Å². The number of amides is 1. The van der Waals surface area contributed by atoms with E-state index >= 15 is 0 Å². The Balaban J connectivity index is 1.74. The third-order valence-corrected chi connectivity index (χ3v) is 6.25. The molecule has 4 rings (SSSR count). The van der Waals surface area contributed by atoms with Crippen molar-refractivity contribution < 1.29 is 28.6 Å². The molecule has 1 aromatic carbocycles. The van der Waals surface area contributed by atoms with Gasteiger partial charge in [0.2, 0.25) is 5.43 Å². The standard InChI is InChI=1S/C21H18F2N4O5S/c1-9(2)27-14(21(31)32)8-26-7-12(17(28)18(29)16(26)20(27)30)19-25-24-15(33-19)5-10-3-4-11(22)6-13(10)23/h3-4,6-7,9,14,29H,5,8H2,1-2H3,(H,31,32). The third kappa shape index (κ3) is 3.97. The fourth-order valence-electron chi connectivity index (χ4n) is 3.76. The van der Waals surface area contributed by atoms with Gasteiger partial charge in [-0.15, -0.1) is 10.2 Å². The number of halogens is 2. The highest BCUT2D eigenvalue weighted by molar-refractivity contribution is 7.14. The van der Waals surface area contributed by atoms with Crippen LogP contribution in [-0.4, -0.2) is 53.8 Å². The quantitative estimate of drug-likeness (QED) is 0.579. The first-order chi connectivity index (χ1) is 15.6. The Hall–Kier alpha value is -3.67.